The molecule has 9 unspecified atom stereocenters. The zero-order valence-electron chi connectivity index (χ0n) is 30.1. The number of aliphatic carboxylic acids is 1. The summed E-state index contributed by atoms with van der Waals surface area (Å²) in [7, 11) is 0. The maximum absolute atomic E-state index is 14.3. The van der Waals surface area contributed by atoms with Crippen LogP contribution in [0.25, 0.3) is 6.08 Å². The largest absolute Gasteiger partial charge is 0.508 e. The van der Waals surface area contributed by atoms with Gasteiger partial charge in [-0.25, -0.2) is 4.79 Å². The molecular formula is C40H44N4O12. The van der Waals surface area contributed by atoms with E-state index in [1.807, 2.05) is 30.3 Å². The summed E-state index contributed by atoms with van der Waals surface area (Å²) in [4.78, 5) is 37.1. The summed E-state index contributed by atoms with van der Waals surface area (Å²) in [6.07, 6.45) is -0.922. The summed E-state index contributed by atoms with van der Waals surface area (Å²) in [6, 6.07) is 14.7. The molecule has 9 atom stereocenters. The predicted molar refractivity (Wildman–Crippen MR) is 202 cm³/mol. The Labute approximate surface area is 321 Å². The highest BCUT2D eigenvalue weighted by Crippen LogP contribution is 2.54. The summed E-state index contributed by atoms with van der Waals surface area (Å²) >= 11 is 0. The number of carboxylic acids is 1. The lowest BCUT2D eigenvalue weighted by molar-refractivity contribution is -0.422. The maximum Gasteiger partial charge on any atom is 0.355 e. The van der Waals surface area contributed by atoms with Gasteiger partial charge in [0.2, 0.25) is 0 Å². The topological polar surface area (TPSA) is 268 Å². The normalized spacial score (nSPS) is 31.1. The van der Waals surface area contributed by atoms with Gasteiger partial charge < -0.3 is 56.1 Å². The van der Waals surface area contributed by atoms with E-state index in [9.17, 15) is 50.4 Å². The van der Waals surface area contributed by atoms with E-state index in [-0.39, 0.29) is 29.5 Å². The molecule has 0 radical (unpaired) electrons. The number of phenolic OH excluding ortho intramolecular Hbond substituents is 2. The van der Waals surface area contributed by atoms with Crippen LogP contribution in [0.2, 0.25) is 0 Å². The van der Waals surface area contributed by atoms with E-state index in [4.69, 9.17) is 15.2 Å². The lowest BCUT2D eigenvalue weighted by Crippen LogP contribution is -2.67. The van der Waals surface area contributed by atoms with Gasteiger partial charge >= 0.3 is 11.9 Å². The first-order valence-corrected chi connectivity index (χ1v) is 18.3. The molecule has 7 rings (SSSR count). The van der Waals surface area contributed by atoms with Crippen molar-refractivity contribution in [1.29, 1.82) is 0 Å². The number of carbonyl (C=O) groups is 2. The molecule has 1 saturated carbocycles. The molecule has 0 aromatic heterocycles. The molecule has 2 fully saturated rings. The summed E-state index contributed by atoms with van der Waals surface area (Å²) < 4.78 is 10.8. The van der Waals surface area contributed by atoms with Gasteiger partial charge in [-0.05, 0) is 60.2 Å². The zero-order valence-corrected chi connectivity index (χ0v) is 30.1. The fourth-order valence-corrected chi connectivity index (χ4v) is 8.49. The van der Waals surface area contributed by atoms with Crippen LogP contribution < -0.4 is 15.4 Å². The standard InChI is InChI=1S/C40H44N4O12/c41-32-7-4-12-39(32,23-5-2-1-3-6-23)17-26-25-15-29(47)30(55-40(54)37(51)36(50)35(49)31(19-45)56-40)16-27(25)44(34(26)38(52)53)33(48)11-9-21-8-10-28(46)22(13-21)14-24-18-42-20-43-24/h1-3,5-6,8-11,13,15-16,18,26,31-32,34-37,45-47,49-51,54H,4,7,12,14,17,19-20,41H2,(H,52,53). The fraction of sp³-hybridized carbons (Fsp3) is 0.400. The van der Waals surface area contributed by atoms with Crippen LogP contribution in [-0.2, 0) is 26.2 Å². The second-order valence-electron chi connectivity index (χ2n) is 14.7. The SMILES string of the molecule is NC1CCCC1(CC1c2cc(O)c(OC3(O)OC(CO)C(O)C(O)C3O)cc2N(C(=O)C=Cc2ccc(O)c(CC3=NCN=C3)c2)C1C(=O)O)c1ccccc1. The molecule has 0 spiro atoms. The van der Waals surface area contributed by atoms with E-state index in [0.29, 0.717) is 42.8 Å². The number of hydrogen-bond acceptors (Lipinski definition) is 14. The lowest BCUT2D eigenvalue weighted by Gasteiger charge is -2.44. The molecule has 1 amide bonds. The molecule has 3 aromatic rings. The van der Waals surface area contributed by atoms with Crippen molar-refractivity contribution >= 4 is 35.6 Å². The molecule has 4 aliphatic rings. The number of rotatable bonds is 11. The number of aromatic hydroxyl groups is 2. The van der Waals surface area contributed by atoms with Gasteiger partial charge in [0.1, 0.15) is 36.8 Å². The molecule has 296 valence electrons. The van der Waals surface area contributed by atoms with Gasteiger partial charge in [0.15, 0.2) is 17.6 Å². The lowest BCUT2D eigenvalue weighted by atomic mass is 9.68. The van der Waals surface area contributed by atoms with Crippen LogP contribution in [0, 0.1) is 0 Å². The number of phenols is 2. The third-order valence-corrected chi connectivity index (χ3v) is 11.4. The molecule has 3 aliphatic heterocycles. The first-order valence-electron chi connectivity index (χ1n) is 18.3. The third kappa shape index (κ3) is 7.05. The van der Waals surface area contributed by atoms with Crippen molar-refractivity contribution in [2.45, 2.75) is 85.9 Å². The molecule has 16 heteroatoms. The monoisotopic (exact) mass is 772 g/mol. The Balaban J connectivity index is 1.30. The summed E-state index contributed by atoms with van der Waals surface area (Å²) in [5, 5.41) is 84.9. The Hall–Kier alpha value is -5.20. The highest BCUT2D eigenvalue weighted by molar-refractivity contribution is 6.32. The van der Waals surface area contributed by atoms with Crippen molar-refractivity contribution in [1.82, 2.24) is 0 Å². The van der Waals surface area contributed by atoms with Crippen LogP contribution >= 0.6 is 0 Å². The van der Waals surface area contributed by atoms with Crippen LogP contribution in [0.5, 0.6) is 17.2 Å². The molecule has 1 saturated heterocycles. The minimum Gasteiger partial charge on any atom is -0.508 e. The van der Waals surface area contributed by atoms with Crippen LogP contribution in [0.4, 0.5) is 5.69 Å². The number of fused-ring (bicyclic) bond motifs is 1. The van der Waals surface area contributed by atoms with Crippen molar-refractivity contribution in [2.24, 2.45) is 15.7 Å². The first kappa shape index (κ1) is 39.1. The Morgan fingerprint density at radius 1 is 1.04 bits per heavy atom. The minimum absolute atomic E-state index is 0.00209. The number of aliphatic imine (C=N–C) groups is 2. The van der Waals surface area contributed by atoms with E-state index < -0.39 is 77.7 Å². The smallest absolute Gasteiger partial charge is 0.355 e. The average molecular weight is 773 g/mol. The van der Waals surface area contributed by atoms with Crippen LogP contribution in [-0.4, -0.2) is 120 Å². The van der Waals surface area contributed by atoms with Gasteiger partial charge in [0, 0.05) is 47.7 Å². The number of nitrogens with zero attached hydrogens (tertiary/aromatic N) is 3. The van der Waals surface area contributed by atoms with Gasteiger partial charge in [-0.3, -0.25) is 19.7 Å². The Morgan fingerprint density at radius 3 is 2.46 bits per heavy atom. The quantitative estimate of drug-likeness (QED) is 0.0976. The van der Waals surface area contributed by atoms with E-state index in [1.54, 1.807) is 18.3 Å². The highest BCUT2D eigenvalue weighted by Gasteiger charge is 2.56. The molecule has 1 aliphatic carbocycles. The number of anilines is 1. The molecule has 3 heterocycles. The fourth-order valence-electron chi connectivity index (χ4n) is 8.49. The minimum atomic E-state index is -3.11. The molecular weight excluding hydrogens is 728 g/mol. The van der Waals surface area contributed by atoms with Crippen molar-refractivity contribution in [2.75, 3.05) is 18.2 Å². The number of amides is 1. The van der Waals surface area contributed by atoms with Crippen molar-refractivity contribution in [3.8, 4) is 17.2 Å². The number of hydrogen-bond donors (Lipinski definition) is 9. The second-order valence-corrected chi connectivity index (χ2v) is 14.7. The summed E-state index contributed by atoms with van der Waals surface area (Å²) in [5.41, 5.74) is 9.02. The number of nitrogens with two attached hydrogens (primary N) is 1. The highest BCUT2D eigenvalue weighted by atomic mass is 16.8. The predicted octanol–water partition coefficient (Wildman–Crippen LogP) is 1.06. The molecule has 10 N–H and O–H groups in total. The van der Waals surface area contributed by atoms with Gasteiger partial charge in [-0.1, -0.05) is 42.8 Å². The number of aliphatic hydroxyl groups is 5. The van der Waals surface area contributed by atoms with Crippen LogP contribution in [0.15, 0.2) is 76.7 Å². The van der Waals surface area contributed by atoms with Gasteiger partial charge in [0.25, 0.3) is 5.91 Å². The van der Waals surface area contributed by atoms with Crippen molar-refractivity contribution in [3.05, 3.63) is 89.0 Å². The van der Waals surface area contributed by atoms with E-state index in [0.717, 1.165) is 23.0 Å². The molecule has 56 heavy (non-hydrogen) atoms. The number of ether oxygens (including phenoxy) is 2. The van der Waals surface area contributed by atoms with Crippen LogP contribution in [0.3, 0.4) is 0 Å². The Bertz CT molecular complexity index is 2070. The van der Waals surface area contributed by atoms with Gasteiger partial charge in [0.05, 0.1) is 18.0 Å². The molecule has 0 bridgehead atoms. The summed E-state index contributed by atoms with van der Waals surface area (Å²) in [6.45, 7) is -0.586. The first-order chi connectivity index (χ1) is 26.8. The second kappa shape index (κ2) is 15.4. The summed E-state index contributed by atoms with van der Waals surface area (Å²) in [5.74, 6) is -7.34. The number of aliphatic hydroxyl groups excluding tert-OH is 4. The van der Waals surface area contributed by atoms with E-state index in [1.165, 1.54) is 24.3 Å². The number of carbonyl (C=O) groups excluding carboxylic acids is 1. The Morgan fingerprint density at radius 2 is 1.80 bits per heavy atom. The number of carboxylic acid groups (broad SMARTS) is 1. The average Bonchev–Trinajstić information content (AvgIpc) is 3.91. The van der Waals surface area contributed by atoms with Gasteiger partial charge in [-0.15, -0.1) is 0 Å². The number of benzene rings is 3. The van der Waals surface area contributed by atoms with E-state index >= 15 is 0 Å². The van der Waals surface area contributed by atoms with Crippen molar-refractivity contribution in [3.63, 3.8) is 0 Å². The maximum atomic E-state index is 14.3. The van der Waals surface area contributed by atoms with Crippen LogP contribution in [0.1, 0.15) is 53.9 Å². The zero-order chi connectivity index (χ0) is 39.9. The third-order valence-electron chi connectivity index (χ3n) is 11.4. The molecule has 3 aromatic carbocycles. The Kier molecular flexibility index (Phi) is 10.7. The van der Waals surface area contributed by atoms with E-state index in [2.05, 4.69) is 9.98 Å². The van der Waals surface area contributed by atoms with Gasteiger partial charge in [-0.2, -0.15) is 0 Å². The van der Waals surface area contributed by atoms with Crippen molar-refractivity contribution < 1.29 is 59.9 Å². The molecule has 16 nitrogen and oxygen atoms in total.